The minimum absolute atomic E-state index is 0.319. The zero-order valence-corrected chi connectivity index (χ0v) is 5.78. The molecule has 2 atom stereocenters. The van der Waals surface area contributed by atoms with E-state index in [4.69, 9.17) is 17.9 Å². The van der Waals surface area contributed by atoms with E-state index in [2.05, 4.69) is 0 Å². The van der Waals surface area contributed by atoms with E-state index in [1.807, 2.05) is 0 Å². The van der Waals surface area contributed by atoms with Crippen molar-refractivity contribution in [2.45, 2.75) is 18.9 Å². The van der Waals surface area contributed by atoms with Gasteiger partial charge in [-0.25, -0.2) is 4.79 Å². The van der Waals surface area contributed by atoms with Crippen molar-refractivity contribution in [2.24, 2.45) is 0 Å². The van der Waals surface area contributed by atoms with Gasteiger partial charge in [0.25, 0.3) is 0 Å². The molecule has 0 bridgehead atoms. The third-order valence-electron chi connectivity index (χ3n) is 1.60. The first kappa shape index (κ1) is 6.89. The molecule has 0 aliphatic carbocycles. The Bertz CT molecular complexity index is 128. The SMILES string of the molecule is O=C(O)[C@@H]1CCC[NH+]1[S-]. The molecule has 9 heavy (non-hydrogen) atoms. The lowest BCUT2D eigenvalue weighted by Crippen LogP contribution is -3.10. The maximum atomic E-state index is 10.3. The maximum Gasteiger partial charge on any atom is 0.361 e. The molecule has 3 nitrogen and oxygen atoms in total. The topological polar surface area (TPSA) is 41.7 Å². The first-order chi connectivity index (χ1) is 4.22. The summed E-state index contributed by atoms with van der Waals surface area (Å²) < 4.78 is 0.725. The predicted molar refractivity (Wildman–Crippen MR) is 33.9 cm³/mol. The Morgan fingerprint density at radius 2 is 2.44 bits per heavy atom. The van der Waals surface area contributed by atoms with Gasteiger partial charge in [-0.3, -0.25) is 0 Å². The second kappa shape index (κ2) is 2.58. The summed E-state index contributed by atoms with van der Waals surface area (Å²) in [5, 5.41) is 8.50. The largest absolute Gasteiger partial charge is 0.495 e. The van der Waals surface area contributed by atoms with Gasteiger partial charge in [-0.15, -0.1) is 0 Å². The van der Waals surface area contributed by atoms with Crippen molar-refractivity contribution < 1.29 is 14.2 Å². The number of nitrogens with one attached hydrogen (secondary N) is 1. The molecule has 1 unspecified atom stereocenters. The highest BCUT2D eigenvalue weighted by Crippen LogP contribution is 1.98. The van der Waals surface area contributed by atoms with Gasteiger partial charge in [-0.1, -0.05) is 0 Å². The molecule has 4 heteroatoms. The lowest BCUT2D eigenvalue weighted by Gasteiger charge is -2.21. The van der Waals surface area contributed by atoms with Gasteiger partial charge in [0.2, 0.25) is 0 Å². The Labute approximate surface area is 59.2 Å². The summed E-state index contributed by atoms with van der Waals surface area (Å²) in [6, 6.07) is -0.319. The van der Waals surface area contributed by atoms with Crippen molar-refractivity contribution in [1.29, 1.82) is 0 Å². The molecular weight excluding hydrogens is 138 g/mol. The van der Waals surface area contributed by atoms with E-state index in [-0.39, 0.29) is 6.04 Å². The lowest BCUT2D eigenvalue weighted by atomic mass is 10.2. The zero-order valence-electron chi connectivity index (χ0n) is 4.96. The summed E-state index contributed by atoms with van der Waals surface area (Å²) in [6.07, 6.45) is 1.70. The zero-order chi connectivity index (χ0) is 6.85. The average molecular weight is 147 g/mol. The van der Waals surface area contributed by atoms with Crippen LogP contribution in [0, 0.1) is 0 Å². The molecule has 0 aromatic rings. The van der Waals surface area contributed by atoms with Gasteiger partial charge in [0.05, 0.1) is 6.54 Å². The quantitative estimate of drug-likeness (QED) is 0.447. The highest BCUT2D eigenvalue weighted by atomic mass is 32.1. The standard InChI is InChI=1S/C5H9NO2S/c7-5(8)4-2-1-3-6(4)9/h4,6H,1-3H2,(H,7,8)/t4-/m0/s1. The number of quaternary nitrogens is 1. The fourth-order valence-corrected chi connectivity index (χ4v) is 1.44. The smallest absolute Gasteiger partial charge is 0.361 e. The number of carboxylic acid groups (broad SMARTS) is 1. The summed E-state index contributed by atoms with van der Waals surface area (Å²) >= 11 is 4.84. The fraction of sp³-hybridized carbons (Fsp3) is 0.800. The van der Waals surface area contributed by atoms with E-state index in [0.717, 1.165) is 23.7 Å². The number of hydrogen-bond acceptors (Lipinski definition) is 2. The van der Waals surface area contributed by atoms with Gasteiger partial charge < -0.3 is 22.2 Å². The van der Waals surface area contributed by atoms with Crippen LogP contribution in [0.25, 0.3) is 0 Å². The van der Waals surface area contributed by atoms with Crippen molar-refractivity contribution in [3.8, 4) is 0 Å². The molecule has 1 fully saturated rings. The van der Waals surface area contributed by atoms with Crippen LogP contribution in [0.4, 0.5) is 0 Å². The van der Waals surface area contributed by atoms with Crippen LogP contribution in [0.2, 0.25) is 0 Å². The Hall–Kier alpha value is -0.220. The highest BCUT2D eigenvalue weighted by Gasteiger charge is 2.27. The Morgan fingerprint density at radius 1 is 1.78 bits per heavy atom. The molecule has 1 aliphatic heterocycles. The fourth-order valence-electron chi connectivity index (χ4n) is 1.08. The van der Waals surface area contributed by atoms with Crippen molar-refractivity contribution in [1.82, 2.24) is 0 Å². The third kappa shape index (κ3) is 1.37. The second-order valence-corrected chi connectivity index (χ2v) is 2.77. The molecule has 0 radical (unpaired) electrons. The van der Waals surface area contributed by atoms with Gasteiger partial charge in [-0.05, 0) is 0 Å². The van der Waals surface area contributed by atoms with Crippen LogP contribution in [-0.2, 0) is 17.6 Å². The highest BCUT2D eigenvalue weighted by molar-refractivity contribution is 7.51. The molecule has 0 amide bonds. The van der Waals surface area contributed by atoms with Gasteiger partial charge in [0, 0.05) is 12.8 Å². The summed E-state index contributed by atoms with van der Waals surface area (Å²) in [4.78, 5) is 10.3. The summed E-state index contributed by atoms with van der Waals surface area (Å²) in [7, 11) is 0. The van der Waals surface area contributed by atoms with Crippen molar-refractivity contribution in [2.75, 3.05) is 6.54 Å². The minimum atomic E-state index is -0.752. The van der Waals surface area contributed by atoms with Crippen LogP contribution >= 0.6 is 0 Å². The minimum Gasteiger partial charge on any atom is -0.495 e. The van der Waals surface area contributed by atoms with Gasteiger partial charge >= 0.3 is 5.97 Å². The van der Waals surface area contributed by atoms with Crippen molar-refractivity contribution in [3.63, 3.8) is 0 Å². The predicted octanol–water partition coefficient (Wildman–Crippen LogP) is -1.42. The van der Waals surface area contributed by atoms with E-state index >= 15 is 0 Å². The molecule has 1 rings (SSSR count). The van der Waals surface area contributed by atoms with Gasteiger partial charge in [0.15, 0.2) is 6.04 Å². The molecule has 52 valence electrons. The van der Waals surface area contributed by atoms with E-state index in [1.54, 1.807) is 0 Å². The molecule has 0 aromatic carbocycles. The molecule has 1 heterocycles. The molecule has 1 saturated heterocycles. The van der Waals surface area contributed by atoms with Crippen molar-refractivity contribution in [3.05, 3.63) is 0 Å². The normalized spacial score (nSPS) is 34.8. The van der Waals surface area contributed by atoms with Crippen LogP contribution in [0.1, 0.15) is 12.8 Å². The Kier molecular flexibility index (Phi) is 1.97. The van der Waals surface area contributed by atoms with Crippen LogP contribution in [-0.4, -0.2) is 23.7 Å². The molecular formula is C5H9NO2S. The number of carboxylic acids is 1. The number of hydrogen-bond donors (Lipinski definition) is 2. The summed E-state index contributed by atoms with van der Waals surface area (Å²) in [5.41, 5.74) is 0. The molecule has 0 saturated carbocycles. The Balaban J connectivity index is 2.49. The monoisotopic (exact) mass is 147 g/mol. The first-order valence-corrected chi connectivity index (χ1v) is 3.38. The summed E-state index contributed by atoms with van der Waals surface area (Å²) in [5.74, 6) is -0.752. The second-order valence-electron chi connectivity index (χ2n) is 2.25. The molecule has 0 spiro atoms. The van der Waals surface area contributed by atoms with Crippen LogP contribution < -0.4 is 4.31 Å². The van der Waals surface area contributed by atoms with E-state index < -0.39 is 5.97 Å². The van der Waals surface area contributed by atoms with E-state index in [0.29, 0.717) is 0 Å². The van der Waals surface area contributed by atoms with Crippen LogP contribution in [0.3, 0.4) is 0 Å². The number of carbonyl (C=O) groups is 1. The maximum absolute atomic E-state index is 10.3. The van der Waals surface area contributed by atoms with E-state index in [1.165, 1.54) is 0 Å². The number of aliphatic carboxylic acids is 1. The molecule has 0 aromatic heterocycles. The first-order valence-electron chi connectivity index (χ1n) is 2.97. The molecule has 2 N–H and O–H groups in total. The molecule has 1 aliphatic rings. The average Bonchev–Trinajstić information content (AvgIpc) is 2.13. The summed E-state index contributed by atoms with van der Waals surface area (Å²) in [6.45, 7) is 0.826. The van der Waals surface area contributed by atoms with Crippen molar-refractivity contribution >= 4 is 18.8 Å². The van der Waals surface area contributed by atoms with Gasteiger partial charge in [-0.2, -0.15) is 0 Å². The lowest BCUT2D eigenvalue weighted by molar-refractivity contribution is -0.758. The number of rotatable bonds is 1. The van der Waals surface area contributed by atoms with Crippen LogP contribution in [0.15, 0.2) is 0 Å². The van der Waals surface area contributed by atoms with Gasteiger partial charge in [0.1, 0.15) is 0 Å². The van der Waals surface area contributed by atoms with E-state index in [9.17, 15) is 4.79 Å². The van der Waals surface area contributed by atoms with Crippen LogP contribution in [0.5, 0.6) is 0 Å². The Morgan fingerprint density at radius 3 is 2.67 bits per heavy atom. The third-order valence-corrected chi connectivity index (χ3v) is 2.09.